The fourth-order valence-corrected chi connectivity index (χ4v) is 1.05. The molecule has 0 fully saturated rings. The number of rotatable bonds is 4. The molecule has 0 aliphatic heterocycles. The van der Waals surface area contributed by atoms with Crippen LogP contribution in [-0.2, 0) is 4.79 Å². The van der Waals surface area contributed by atoms with Crippen LogP contribution in [0.3, 0.4) is 0 Å². The average Bonchev–Trinajstić information content (AvgIpc) is 2.16. The Morgan fingerprint density at radius 2 is 1.88 bits per heavy atom. The summed E-state index contributed by atoms with van der Waals surface area (Å²) in [5.41, 5.74) is -0.362. The Labute approximate surface area is 89.2 Å². The summed E-state index contributed by atoms with van der Waals surface area (Å²) < 4.78 is 0. The number of nitro benzene ring substituents is 1. The lowest BCUT2D eigenvalue weighted by Gasteiger charge is -2.02. The average molecular weight is 225 g/mol. The van der Waals surface area contributed by atoms with Crippen molar-refractivity contribution in [2.45, 2.75) is 0 Å². The summed E-state index contributed by atoms with van der Waals surface area (Å²) in [6, 6.07) is 5.41. The molecule has 1 aromatic rings. The molecule has 1 N–H and O–H groups in total. The molecule has 0 bridgehead atoms. The van der Waals surface area contributed by atoms with Crippen molar-refractivity contribution in [2.24, 2.45) is 0 Å². The summed E-state index contributed by atoms with van der Waals surface area (Å²) in [6.45, 7) is -0.925. The van der Waals surface area contributed by atoms with E-state index >= 15 is 0 Å². The van der Waals surface area contributed by atoms with E-state index in [1.165, 1.54) is 24.3 Å². The molecule has 0 heterocycles. The maximum absolute atomic E-state index is 11.0. The lowest BCUT2D eigenvalue weighted by Crippen LogP contribution is -2.22. The Morgan fingerprint density at radius 1 is 1.25 bits per heavy atom. The van der Waals surface area contributed by atoms with Crippen LogP contribution in [0, 0.1) is 20.2 Å². The third-order valence-electron chi connectivity index (χ3n) is 1.65. The first kappa shape index (κ1) is 11.6. The van der Waals surface area contributed by atoms with E-state index in [1.54, 1.807) is 0 Å². The van der Waals surface area contributed by atoms with Gasteiger partial charge in [-0.2, -0.15) is 0 Å². The molecule has 8 nitrogen and oxygen atoms in total. The van der Waals surface area contributed by atoms with Gasteiger partial charge in [-0.15, -0.1) is 0 Å². The van der Waals surface area contributed by atoms with Crippen molar-refractivity contribution in [1.82, 2.24) is 0 Å². The molecule has 0 unspecified atom stereocenters. The molecule has 0 aromatic heterocycles. The Morgan fingerprint density at radius 3 is 2.44 bits per heavy atom. The zero-order valence-electron chi connectivity index (χ0n) is 7.95. The normalized spacial score (nSPS) is 9.50. The van der Waals surface area contributed by atoms with Crippen LogP contribution in [0.5, 0.6) is 0 Å². The van der Waals surface area contributed by atoms with Crippen molar-refractivity contribution >= 4 is 17.3 Å². The molecule has 1 rings (SSSR count). The molecule has 1 aromatic carbocycles. The monoisotopic (exact) mass is 225 g/mol. The number of carbonyl (C=O) groups is 1. The third kappa shape index (κ3) is 3.01. The Hall–Kier alpha value is -2.51. The fraction of sp³-hybridized carbons (Fsp3) is 0.125. The second kappa shape index (κ2) is 4.82. The van der Waals surface area contributed by atoms with E-state index in [9.17, 15) is 25.0 Å². The maximum Gasteiger partial charge on any atom is 0.296 e. The van der Waals surface area contributed by atoms with Crippen molar-refractivity contribution < 1.29 is 14.6 Å². The Balaban J connectivity index is 2.84. The molecule has 8 heteroatoms. The minimum atomic E-state index is -0.925. The minimum absolute atomic E-state index is 0.0562. The number of hydrogen-bond acceptors (Lipinski definition) is 5. The molecule has 16 heavy (non-hydrogen) atoms. The van der Waals surface area contributed by atoms with Gasteiger partial charge in [0.15, 0.2) is 0 Å². The van der Waals surface area contributed by atoms with Gasteiger partial charge in [-0.3, -0.25) is 25.0 Å². The Bertz CT molecular complexity index is 445. The minimum Gasteiger partial charge on any atom is -0.315 e. The van der Waals surface area contributed by atoms with Gasteiger partial charge in [0.1, 0.15) is 5.69 Å². The molecular formula is C8H7N3O5. The molecule has 0 aliphatic carbocycles. The van der Waals surface area contributed by atoms with Crippen LogP contribution in [0.25, 0.3) is 0 Å². The topological polar surface area (TPSA) is 115 Å². The highest BCUT2D eigenvalue weighted by Gasteiger charge is 2.16. The third-order valence-corrected chi connectivity index (χ3v) is 1.65. The smallest absolute Gasteiger partial charge is 0.296 e. The van der Waals surface area contributed by atoms with E-state index in [-0.39, 0.29) is 11.4 Å². The van der Waals surface area contributed by atoms with Crippen LogP contribution in [0.2, 0.25) is 0 Å². The van der Waals surface area contributed by atoms with E-state index in [0.29, 0.717) is 0 Å². The molecular weight excluding hydrogens is 218 g/mol. The second-order valence-corrected chi connectivity index (χ2v) is 2.81. The predicted molar refractivity (Wildman–Crippen MR) is 53.6 cm³/mol. The van der Waals surface area contributed by atoms with Crippen molar-refractivity contribution in [1.29, 1.82) is 0 Å². The molecule has 0 saturated carbocycles. The van der Waals surface area contributed by atoms with Crippen LogP contribution >= 0.6 is 0 Å². The number of anilines is 1. The van der Waals surface area contributed by atoms with Crippen LogP contribution in [0.15, 0.2) is 24.3 Å². The van der Waals surface area contributed by atoms with Crippen molar-refractivity contribution in [3.8, 4) is 0 Å². The zero-order chi connectivity index (χ0) is 12.1. The predicted octanol–water partition coefficient (Wildman–Crippen LogP) is 0.810. The summed E-state index contributed by atoms with van der Waals surface area (Å²) >= 11 is 0. The van der Waals surface area contributed by atoms with Crippen LogP contribution in [-0.4, -0.2) is 22.3 Å². The molecule has 0 radical (unpaired) electrons. The van der Waals surface area contributed by atoms with Crippen molar-refractivity contribution in [3.63, 3.8) is 0 Å². The van der Waals surface area contributed by atoms with E-state index in [0.717, 1.165) is 0 Å². The van der Waals surface area contributed by atoms with E-state index in [2.05, 4.69) is 5.32 Å². The number of carbonyl (C=O) groups excluding carboxylic acids is 1. The van der Waals surface area contributed by atoms with E-state index < -0.39 is 22.3 Å². The van der Waals surface area contributed by atoms with Gasteiger partial charge in [0.25, 0.3) is 18.1 Å². The lowest BCUT2D eigenvalue weighted by atomic mass is 10.2. The van der Waals surface area contributed by atoms with Gasteiger partial charge >= 0.3 is 0 Å². The highest BCUT2D eigenvalue weighted by molar-refractivity contribution is 5.93. The number of amides is 1. The number of para-hydroxylation sites is 2. The summed E-state index contributed by atoms with van der Waals surface area (Å²) in [4.78, 5) is 30.1. The van der Waals surface area contributed by atoms with Crippen LogP contribution in [0.1, 0.15) is 0 Å². The number of benzene rings is 1. The highest BCUT2D eigenvalue weighted by Crippen LogP contribution is 2.22. The van der Waals surface area contributed by atoms with Crippen LogP contribution in [0.4, 0.5) is 11.4 Å². The number of nitrogens with one attached hydrogen (secondary N) is 1. The number of hydrogen-bond donors (Lipinski definition) is 1. The second-order valence-electron chi connectivity index (χ2n) is 2.81. The quantitative estimate of drug-likeness (QED) is 0.601. The van der Waals surface area contributed by atoms with Gasteiger partial charge < -0.3 is 5.32 Å². The maximum atomic E-state index is 11.0. The Kier molecular flexibility index (Phi) is 3.49. The van der Waals surface area contributed by atoms with Crippen molar-refractivity contribution in [3.05, 3.63) is 44.5 Å². The van der Waals surface area contributed by atoms with Gasteiger partial charge in [0.2, 0.25) is 0 Å². The van der Waals surface area contributed by atoms with Crippen LogP contribution < -0.4 is 5.32 Å². The molecule has 0 aliphatic rings. The first-order valence-electron chi connectivity index (χ1n) is 4.16. The standard InChI is InChI=1S/C8H7N3O5/c12-8(5-10(13)14)9-6-3-1-2-4-7(6)11(15)16/h1-4H,5H2,(H,9,12). The number of nitro groups is 2. The lowest BCUT2D eigenvalue weighted by molar-refractivity contribution is -0.467. The fourth-order valence-electron chi connectivity index (χ4n) is 1.05. The summed E-state index contributed by atoms with van der Waals surface area (Å²) in [7, 11) is 0. The van der Waals surface area contributed by atoms with E-state index in [1.807, 2.05) is 0 Å². The SMILES string of the molecule is O=C(C[N+](=O)[O-])Nc1ccccc1[N+](=O)[O-]. The van der Waals surface area contributed by atoms with Gasteiger partial charge in [0.05, 0.1) is 4.92 Å². The van der Waals surface area contributed by atoms with Crippen molar-refractivity contribution in [2.75, 3.05) is 11.9 Å². The highest BCUT2D eigenvalue weighted by atomic mass is 16.6. The molecule has 84 valence electrons. The van der Waals surface area contributed by atoms with Gasteiger partial charge in [-0.1, -0.05) is 12.1 Å². The molecule has 1 amide bonds. The molecule has 0 atom stereocenters. The summed E-state index contributed by atoms with van der Waals surface area (Å²) in [6.07, 6.45) is 0. The summed E-state index contributed by atoms with van der Waals surface area (Å²) in [5, 5.41) is 22.7. The first-order chi connectivity index (χ1) is 7.50. The van der Waals surface area contributed by atoms with Gasteiger partial charge in [-0.05, 0) is 6.07 Å². The molecule has 0 saturated heterocycles. The zero-order valence-corrected chi connectivity index (χ0v) is 7.95. The van der Waals surface area contributed by atoms with Gasteiger partial charge in [-0.25, -0.2) is 0 Å². The van der Waals surface area contributed by atoms with Gasteiger partial charge in [0, 0.05) is 11.0 Å². The first-order valence-corrected chi connectivity index (χ1v) is 4.16. The van der Waals surface area contributed by atoms with E-state index in [4.69, 9.17) is 0 Å². The summed E-state index contributed by atoms with van der Waals surface area (Å²) in [5.74, 6) is -0.903. The molecule has 0 spiro atoms. The largest absolute Gasteiger partial charge is 0.315 e. The number of nitrogens with zero attached hydrogens (tertiary/aromatic N) is 2.